The smallest absolute Gasteiger partial charge is 0.315 e. The fourth-order valence-electron chi connectivity index (χ4n) is 3.03. The number of carboxylic acid groups (broad SMARTS) is 1. The van der Waals surface area contributed by atoms with Crippen molar-refractivity contribution >= 4 is 23.5 Å². The summed E-state index contributed by atoms with van der Waals surface area (Å²) in [5, 5.41) is 14.6. The zero-order chi connectivity index (χ0) is 20.2. The Hall–Kier alpha value is -2.83. The monoisotopic (exact) mass is 373 g/mol. The number of amides is 3. The van der Waals surface area contributed by atoms with Gasteiger partial charge in [0, 0.05) is 26.1 Å². The normalized spacial score (nSPS) is 16.9. The number of carboxylic acids is 1. The molecule has 0 bridgehead atoms. The van der Waals surface area contributed by atoms with Crippen LogP contribution in [0.25, 0.3) is 5.57 Å². The maximum atomic E-state index is 12.2. The van der Waals surface area contributed by atoms with Gasteiger partial charge in [-0.15, -0.1) is 0 Å². The fraction of sp³-hybridized carbons (Fsp3) is 0.450. The Morgan fingerprint density at radius 3 is 2.67 bits per heavy atom. The number of rotatable bonds is 7. The summed E-state index contributed by atoms with van der Waals surface area (Å²) in [6.07, 6.45) is 0.0214. The van der Waals surface area contributed by atoms with Gasteiger partial charge in [0.2, 0.25) is 5.91 Å². The Bertz CT molecular complexity index is 757. The van der Waals surface area contributed by atoms with E-state index >= 15 is 0 Å². The van der Waals surface area contributed by atoms with Crippen LogP contribution in [-0.2, 0) is 15.1 Å². The minimum absolute atomic E-state index is 0.0214. The van der Waals surface area contributed by atoms with Crippen LogP contribution in [-0.4, -0.2) is 47.5 Å². The first-order valence-electron chi connectivity index (χ1n) is 8.93. The van der Waals surface area contributed by atoms with Gasteiger partial charge in [-0.2, -0.15) is 0 Å². The molecule has 3 N–H and O–H groups in total. The van der Waals surface area contributed by atoms with Crippen LogP contribution in [0, 0.1) is 5.92 Å². The van der Waals surface area contributed by atoms with Crippen molar-refractivity contribution in [3.05, 3.63) is 42.0 Å². The molecule has 0 saturated carbocycles. The van der Waals surface area contributed by atoms with E-state index in [1.807, 2.05) is 45.0 Å². The van der Waals surface area contributed by atoms with Crippen molar-refractivity contribution in [1.82, 2.24) is 15.5 Å². The topological polar surface area (TPSA) is 98.7 Å². The lowest BCUT2D eigenvalue weighted by Gasteiger charge is -2.28. The summed E-state index contributed by atoms with van der Waals surface area (Å²) in [5.41, 5.74) is 2.33. The Balaban J connectivity index is 1.86. The lowest BCUT2D eigenvalue weighted by Crippen LogP contribution is -2.48. The number of hydrogen-bond donors (Lipinski definition) is 3. The van der Waals surface area contributed by atoms with Gasteiger partial charge in [-0.3, -0.25) is 9.59 Å². The molecule has 1 aromatic carbocycles. The summed E-state index contributed by atoms with van der Waals surface area (Å²) in [4.78, 5) is 36.5. The van der Waals surface area contributed by atoms with Crippen LogP contribution in [0.4, 0.5) is 4.79 Å². The molecule has 1 aliphatic rings. The number of carbonyl (C=O) groups is 3. The molecular formula is C20H27N3O4. The third kappa shape index (κ3) is 5.32. The Morgan fingerprint density at radius 2 is 2.07 bits per heavy atom. The van der Waals surface area contributed by atoms with E-state index in [9.17, 15) is 14.4 Å². The molecule has 146 valence electrons. The predicted octanol–water partition coefficient (Wildman–Crippen LogP) is 2.19. The van der Waals surface area contributed by atoms with E-state index in [0.29, 0.717) is 6.54 Å². The van der Waals surface area contributed by atoms with Gasteiger partial charge in [-0.25, -0.2) is 4.79 Å². The Labute approximate surface area is 159 Å². The standard InChI is InChI=1S/C20H27N3O4/c1-13(2)14-6-5-7-16(10-14)20(3,4)22-19(27)21-8-9-23-12-15(18(25)26)11-17(23)24/h5-7,10,15H,1,8-9,11-12H2,2-4H3,(H,25,26)(H2,21,22,27). The van der Waals surface area contributed by atoms with E-state index in [-0.39, 0.29) is 31.4 Å². The summed E-state index contributed by atoms with van der Waals surface area (Å²) in [5.74, 6) is -1.82. The molecule has 7 heteroatoms. The van der Waals surface area contributed by atoms with Crippen LogP contribution >= 0.6 is 0 Å². The first-order chi connectivity index (χ1) is 12.6. The molecule has 1 atom stereocenters. The highest BCUT2D eigenvalue weighted by atomic mass is 16.4. The molecule has 2 rings (SSSR count). The molecule has 1 fully saturated rings. The molecule has 7 nitrogen and oxygen atoms in total. The van der Waals surface area contributed by atoms with Gasteiger partial charge in [0.05, 0.1) is 11.5 Å². The highest BCUT2D eigenvalue weighted by Gasteiger charge is 2.33. The average Bonchev–Trinajstić information content (AvgIpc) is 2.96. The van der Waals surface area contributed by atoms with Crippen molar-refractivity contribution in [3.63, 3.8) is 0 Å². The summed E-state index contributed by atoms with van der Waals surface area (Å²) in [7, 11) is 0. The summed E-state index contributed by atoms with van der Waals surface area (Å²) >= 11 is 0. The second-order valence-electron chi connectivity index (χ2n) is 7.45. The van der Waals surface area contributed by atoms with Crippen LogP contribution in [0.15, 0.2) is 30.8 Å². The van der Waals surface area contributed by atoms with Crippen molar-refractivity contribution in [2.24, 2.45) is 5.92 Å². The van der Waals surface area contributed by atoms with Gasteiger partial charge < -0.3 is 20.6 Å². The van der Waals surface area contributed by atoms with Gasteiger partial charge in [0.15, 0.2) is 0 Å². The van der Waals surface area contributed by atoms with Crippen LogP contribution in [0.5, 0.6) is 0 Å². The average molecular weight is 373 g/mol. The zero-order valence-corrected chi connectivity index (χ0v) is 16.0. The molecule has 0 aliphatic carbocycles. The van der Waals surface area contributed by atoms with E-state index in [1.54, 1.807) is 0 Å². The van der Waals surface area contributed by atoms with Crippen LogP contribution in [0.2, 0.25) is 0 Å². The quantitative estimate of drug-likeness (QED) is 0.682. The van der Waals surface area contributed by atoms with Gasteiger partial charge in [-0.05, 0) is 38.0 Å². The SMILES string of the molecule is C=C(C)c1cccc(C(C)(C)NC(=O)NCCN2CC(C(=O)O)CC2=O)c1. The largest absolute Gasteiger partial charge is 0.481 e. The van der Waals surface area contributed by atoms with Crippen molar-refractivity contribution < 1.29 is 19.5 Å². The van der Waals surface area contributed by atoms with Crippen molar-refractivity contribution in [3.8, 4) is 0 Å². The lowest BCUT2D eigenvalue weighted by atomic mass is 9.92. The third-order valence-electron chi connectivity index (χ3n) is 4.73. The van der Waals surface area contributed by atoms with E-state index in [4.69, 9.17) is 5.11 Å². The highest BCUT2D eigenvalue weighted by Crippen LogP contribution is 2.23. The molecule has 1 aliphatic heterocycles. The number of urea groups is 1. The number of likely N-dealkylation sites (tertiary alicyclic amines) is 1. The van der Waals surface area contributed by atoms with Crippen molar-refractivity contribution in [2.75, 3.05) is 19.6 Å². The molecule has 0 spiro atoms. The number of hydrogen-bond acceptors (Lipinski definition) is 3. The summed E-state index contributed by atoms with van der Waals surface area (Å²) in [6.45, 7) is 10.4. The zero-order valence-electron chi connectivity index (χ0n) is 16.0. The second-order valence-corrected chi connectivity index (χ2v) is 7.45. The second kappa shape index (κ2) is 8.24. The molecule has 0 aromatic heterocycles. The molecule has 1 heterocycles. The summed E-state index contributed by atoms with van der Waals surface area (Å²) in [6, 6.07) is 7.50. The maximum Gasteiger partial charge on any atom is 0.315 e. The van der Waals surface area contributed by atoms with Crippen LogP contribution in [0.1, 0.15) is 38.3 Å². The number of nitrogens with zero attached hydrogens (tertiary/aromatic N) is 1. The first-order valence-corrected chi connectivity index (χ1v) is 8.93. The van der Waals surface area contributed by atoms with E-state index in [2.05, 4.69) is 17.2 Å². The number of benzene rings is 1. The van der Waals surface area contributed by atoms with Gasteiger partial charge in [-0.1, -0.05) is 30.4 Å². The Kier molecular flexibility index (Phi) is 6.25. The van der Waals surface area contributed by atoms with Gasteiger partial charge in [0.25, 0.3) is 0 Å². The highest BCUT2D eigenvalue weighted by molar-refractivity contribution is 5.86. The fourth-order valence-corrected chi connectivity index (χ4v) is 3.03. The van der Waals surface area contributed by atoms with E-state index in [0.717, 1.165) is 16.7 Å². The number of allylic oxidation sites excluding steroid dienone is 1. The number of nitrogens with one attached hydrogen (secondary N) is 2. The minimum atomic E-state index is -0.963. The van der Waals surface area contributed by atoms with E-state index < -0.39 is 17.4 Å². The first kappa shape index (κ1) is 20.5. The Morgan fingerprint density at radius 1 is 1.37 bits per heavy atom. The molecule has 0 radical (unpaired) electrons. The molecule has 27 heavy (non-hydrogen) atoms. The molecule has 1 saturated heterocycles. The van der Waals surface area contributed by atoms with Gasteiger partial charge >= 0.3 is 12.0 Å². The van der Waals surface area contributed by atoms with E-state index in [1.165, 1.54) is 4.90 Å². The van der Waals surface area contributed by atoms with Gasteiger partial charge in [0.1, 0.15) is 0 Å². The number of carbonyl (C=O) groups excluding carboxylic acids is 2. The lowest BCUT2D eigenvalue weighted by molar-refractivity contribution is -0.141. The molecule has 1 unspecified atom stereocenters. The molecule has 3 amide bonds. The molecular weight excluding hydrogens is 346 g/mol. The predicted molar refractivity (Wildman–Crippen MR) is 103 cm³/mol. The maximum absolute atomic E-state index is 12.2. The third-order valence-corrected chi connectivity index (χ3v) is 4.73. The summed E-state index contributed by atoms with van der Waals surface area (Å²) < 4.78 is 0. The minimum Gasteiger partial charge on any atom is -0.481 e. The van der Waals surface area contributed by atoms with Crippen LogP contribution in [0.3, 0.4) is 0 Å². The van der Waals surface area contributed by atoms with Crippen molar-refractivity contribution in [1.29, 1.82) is 0 Å². The molecule has 1 aromatic rings. The number of aliphatic carboxylic acids is 1. The van der Waals surface area contributed by atoms with Crippen LogP contribution < -0.4 is 10.6 Å². The van der Waals surface area contributed by atoms with Crippen molar-refractivity contribution in [2.45, 2.75) is 32.7 Å².